The van der Waals surface area contributed by atoms with E-state index in [0.29, 0.717) is 6.61 Å². The zero-order valence-corrected chi connectivity index (χ0v) is 38.2. The minimum absolute atomic E-state index is 0.0234. The van der Waals surface area contributed by atoms with Crippen molar-refractivity contribution in [3.8, 4) is 0 Å². The van der Waals surface area contributed by atoms with Gasteiger partial charge in [-0.2, -0.15) is 0 Å². The predicted octanol–water partition coefficient (Wildman–Crippen LogP) is 15.8. The molecule has 5 nitrogen and oxygen atoms in total. The summed E-state index contributed by atoms with van der Waals surface area (Å²) in [7, 11) is 0. The number of carbonyl (C=O) groups excluding carboxylic acids is 2. The zero-order chi connectivity index (χ0) is 43.5. The number of unbranched alkanes of at least 4 members (excludes halogenated alkanes) is 7. The second kappa shape index (κ2) is 49.1. The van der Waals surface area contributed by atoms with Gasteiger partial charge in [0.2, 0.25) is 0 Å². The van der Waals surface area contributed by atoms with Crippen molar-refractivity contribution in [2.24, 2.45) is 0 Å². The van der Waals surface area contributed by atoms with Gasteiger partial charge >= 0.3 is 11.9 Å². The maximum Gasteiger partial charge on any atom is 0.310 e. The third-order valence-electron chi connectivity index (χ3n) is 8.89. The second-order valence-corrected chi connectivity index (χ2v) is 14.6. The molecule has 0 N–H and O–H groups in total. The molecule has 0 spiro atoms. The molecule has 0 heterocycles. The van der Waals surface area contributed by atoms with E-state index in [4.69, 9.17) is 14.2 Å². The van der Waals surface area contributed by atoms with E-state index in [2.05, 4.69) is 142 Å². The molecule has 0 saturated carbocycles. The molecule has 0 aliphatic heterocycles. The molecule has 1 atom stereocenters. The summed E-state index contributed by atoms with van der Waals surface area (Å²) in [6.45, 7) is 7.26. The van der Waals surface area contributed by atoms with E-state index in [1.807, 2.05) is 24.3 Å². The van der Waals surface area contributed by atoms with Gasteiger partial charge in [-0.3, -0.25) is 9.59 Å². The number of allylic oxidation sites excluding steroid dienone is 22. The smallest absolute Gasteiger partial charge is 0.310 e. The minimum Gasteiger partial charge on any atom is -0.461 e. The predicted molar refractivity (Wildman–Crippen MR) is 260 cm³/mol. The highest BCUT2D eigenvalue weighted by Crippen LogP contribution is 2.09. The van der Waals surface area contributed by atoms with E-state index in [-0.39, 0.29) is 38.0 Å². The Bertz CT molecular complexity index is 1350. The SMILES string of the molecule is CC/C=C\C/C=C\C/C=C\C/C=C\C/C=C\CC(=O)OCC(COCCCCCCCC/C=C\C/C=C\CCC)OC(=O)C/C=C\C/C=C\C/C=C\C/C=C\C/C=C\CC. The molecule has 1 unspecified atom stereocenters. The van der Waals surface area contributed by atoms with Gasteiger partial charge in [0.1, 0.15) is 6.61 Å². The summed E-state index contributed by atoms with van der Waals surface area (Å²) in [5.74, 6) is -0.712. The van der Waals surface area contributed by atoms with Gasteiger partial charge in [-0.05, 0) is 96.3 Å². The minimum atomic E-state index is -0.646. The molecule has 0 saturated heterocycles. The van der Waals surface area contributed by atoms with Crippen molar-refractivity contribution >= 4 is 11.9 Å². The number of carbonyl (C=O) groups is 2. The van der Waals surface area contributed by atoms with Crippen molar-refractivity contribution in [3.63, 3.8) is 0 Å². The highest BCUT2D eigenvalue weighted by molar-refractivity contribution is 5.72. The van der Waals surface area contributed by atoms with Gasteiger partial charge in [-0.25, -0.2) is 0 Å². The highest BCUT2D eigenvalue weighted by Gasteiger charge is 2.16. The van der Waals surface area contributed by atoms with Crippen LogP contribution in [0.1, 0.15) is 162 Å². The maximum absolute atomic E-state index is 12.7. The molecule has 334 valence electrons. The Morgan fingerprint density at radius 1 is 0.383 bits per heavy atom. The lowest BCUT2D eigenvalue weighted by Gasteiger charge is -2.18. The average Bonchev–Trinajstić information content (AvgIpc) is 3.25. The quantitative estimate of drug-likeness (QED) is 0.0350. The van der Waals surface area contributed by atoms with Crippen LogP contribution in [0, 0.1) is 0 Å². The zero-order valence-electron chi connectivity index (χ0n) is 38.2. The van der Waals surface area contributed by atoms with E-state index < -0.39 is 6.10 Å². The number of hydrogen-bond acceptors (Lipinski definition) is 5. The molecule has 0 aromatic rings. The van der Waals surface area contributed by atoms with Crippen LogP contribution in [0.3, 0.4) is 0 Å². The lowest BCUT2D eigenvalue weighted by Crippen LogP contribution is -2.29. The van der Waals surface area contributed by atoms with Crippen molar-refractivity contribution in [3.05, 3.63) is 146 Å². The first-order chi connectivity index (χ1) is 29.6. The summed E-state index contributed by atoms with van der Waals surface area (Å²) in [5, 5.41) is 0. The summed E-state index contributed by atoms with van der Waals surface area (Å²) < 4.78 is 17.1. The van der Waals surface area contributed by atoms with Crippen molar-refractivity contribution in [1.82, 2.24) is 0 Å². The molecule has 0 aromatic heterocycles. The molecule has 0 radical (unpaired) electrons. The van der Waals surface area contributed by atoms with Crippen LogP contribution >= 0.6 is 0 Å². The van der Waals surface area contributed by atoms with Crippen LogP contribution in [0.5, 0.6) is 0 Å². The molecular formula is C55H84O5. The topological polar surface area (TPSA) is 61.8 Å². The molecular weight excluding hydrogens is 741 g/mol. The maximum atomic E-state index is 12.7. The van der Waals surface area contributed by atoms with Crippen LogP contribution in [0.25, 0.3) is 0 Å². The molecule has 0 aliphatic rings. The first-order valence-corrected chi connectivity index (χ1v) is 23.4. The Balaban J connectivity index is 4.59. The van der Waals surface area contributed by atoms with Gasteiger partial charge < -0.3 is 14.2 Å². The van der Waals surface area contributed by atoms with Gasteiger partial charge in [0.25, 0.3) is 0 Å². The normalized spacial score (nSPS) is 13.6. The Kier molecular flexibility index (Phi) is 45.7. The molecule has 5 heteroatoms. The van der Waals surface area contributed by atoms with E-state index >= 15 is 0 Å². The van der Waals surface area contributed by atoms with Crippen LogP contribution in [-0.2, 0) is 23.8 Å². The molecule has 0 amide bonds. The molecule has 0 aliphatic carbocycles. The molecule has 0 aromatic carbocycles. The van der Waals surface area contributed by atoms with Crippen molar-refractivity contribution in [2.45, 2.75) is 168 Å². The van der Waals surface area contributed by atoms with E-state index in [0.717, 1.165) is 89.9 Å². The monoisotopic (exact) mass is 825 g/mol. The van der Waals surface area contributed by atoms with Crippen molar-refractivity contribution in [1.29, 1.82) is 0 Å². The first kappa shape index (κ1) is 55.8. The summed E-state index contributed by atoms with van der Waals surface area (Å²) in [6, 6.07) is 0. The van der Waals surface area contributed by atoms with Crippen LogP contribution in [0.2, 0.25) is 0 Å². The van der Waals surface area contributed by atoms with Gasteiger partial charge in [0, 0.05) is 6.61 Å². The van der Waals surface area contributed by atoms with Crippen LogP contribution < -0.4 is 0 Å². The summed E-state index contributed by atoms with van der Waals surface area (Å²) >= 11 is 0. The van der Waals surface area contributed by atoms with Gasteiger partial charge in [-0.1, -0.05) is 199 Å². The van der Waals surface area contributed by atoms with Crippen molar-refractivity contribution < 1.29 is 23.8 Å². The molecule has 0 fully saturated rings. The van der Waals surface area contributed by atoms with Gasteiger partial charge in [0.05, 0.1) is 19.4 Å². The van der Waals surface area contributed by atoms with Crippen LogP contribution in [-0.4, -0.2) is 37.9 Å². The largest absolute Gasteiger partial charge is 0.461 e. The average molecular weight is 825 g/mol. The lowest BCUT2D eigenvalue weighted by atomic mass is 10.1. The number of esters is 2. The summed E-state index contributed by atoms with van der Waals surface area (Å²) in [4.78, 5) is 25.2. The number of ether oxygens (including phenoxy) is 3. The van der Waals surface area contributed by atoms with E-state index in [9.17, 15) is 9.59 Å². The fourth-order valence-electron chi connectivity index (χ4n) is 5.52. The lowest BCUT2D eigenvalue weighted by molar-refractivity contribution is -0.161. The van der Waals surface area contributed by atoms with Crippen molar-refractivity contribution in [2.75, 3.05) is 19.8 Å². The Morgan fingerprint density at radius 3 is 1.20 bits per heavy atom. The van der Waals surface area contributed by atoms with Gasteiger partial charge in [-0.15, -0.1) is 0 Å². The fraction of sp³-hybridized carbons (Fsp3) is 0.527. The Labute approximate surface area is 368 Å². The fourth-order valence-corrected chi connectivity index (χ4v) is 5.52. The van der Waals surface area contributed by atoms with Gasteiger partial charge in [0.15, 0.2) is 6.10 Å². The van der Waals surface area contributed by atoms with Crippen LogP contribution in [0.15, 0.2) is 146 Å². The second-order valence-electron chi connectivity index (χ2n) is 14.6. The van der Waals surface area contributed by atoms with E-state index in [1.54, 1.807) is 0 Å². The number of hydrogen-bond donors (Lipinski definition) is 0. The standard InChI is InChI=1S/C55H84O5/c1-4-7-10-13-16-19-22-25-28-30-33-36-39-42-45-48-54(56)59-52-53(51-58-50-47-44-41-38-35-32-27-24-21-18-15-12-9-6-3)60-55(57)49-46-43-40-37-34-31-29-26-23-20-17-14-11-8-5-2/h7-8,10-12,15-17,19-21,24-26,28-29,33-34,36-37,42-43,45-46,53H,4-6,9,13-14,18,22-23,27,30-32,35,38-41,44,47-52H2,1-3H3/b10-7-,11-8-,15-12-,19-16-,20-17-,24-21-,28-25-,29-26-,36-33-,37-34-,45-42-,46-43-. The third-order valence-corrected chi connectivity index (χ3v) is 8.89. The summed E-state index contributed by atoms with van der Waals surface area (Å²) in [5.41, 5.74) is 0. The third kappa shape index (κ3) is 46.5. The van der Waals surface area contributed by atoms with E-state index in [1.165, 1.54) is 38.5 Å². The number of rotatable bonds is 40. The Morgan fingerprint density at radius 2 is 0.750 bits per heavy atom. The Hall–Kier alpha value is -4.22. The molecule has 0 bridgehead atoms. The highest BCUT2D eigenvalue weighted by atomic mass is 16.6. The molecule has 60 heavy (non-hydrogen) atoms. The van der Waals surface area contributed by atoms with Crippen LogP contribution in [0.4, 0.5) is 0 Å². The summed E-state index contributed by atoms with van der Waals surface area (Å²) in [6.07, 6.45) is 71.8. The first-order valence-electron chi connectivity index (χ1n) is 23.4. The molecule has 0 rings (SSSR count).